The van der Waals surface area contributed by atoms with Crippen molar-refractivity contribution in [1.82, 2.24) is 0 Å². The lowest BCUT2D eigenvalue weighted by Gasteiger charge is -2.05. The fourth-order valence-electron chi connectivity index (χ4n) is 2.59. The Morgan fingerprint density at radius 1 is 1.14 bits per heavy atom. The molecule has 0 atom stereocenters. The summed E-state index contributed by atoms with van der Waals surface area (Å²) in [5.74, 6) is 0.464. The van der Waals surface area contributed by atoms with E-state index in [1.165, 1.54) is 24.0 Å². The normalized spacial score (nSPS) is 10.5. The minimum absolute atomic E-state index is 0.141. The van der Waals surface area contributed by atoms with Crippen LogP contribution >= 0.6 is 11.3 Å². The molecule has 2 heterocycles. The fourth-order valence-corrected chi connectivity index (χ4v) is 3.48. The molecule has 0 saturated carbocycles. The molecule has 3 aromatic rings. The average molecular weight is 399 g/mol. The van der Waals surface area contributed by atoms with Crippen LogP contribution in [0.15, 0.2) is 46.9 Å². The molecule has 7 heteroatoms. The highest BCUT2D eigenvalue weighted by Gasteiger charge is 2.19. The SMILES string of the molecule is CCc1ccc(OCc2ccc(C(=O)Nc3sc(C)cc3C(=O)OC)o2)cc1. The Labute approximate surface area is 167 Å². The number of thiophene rings is 1. The summed E-state index contributed by atoms with van der Waals surface area (Å²) in [5.41, 5.74) is 1.56. The Morgan fingerprint density at radius 2 is 1.89 bits per heavy atom. The fraction of sp³-hybridized carbons (Fsp3) is 0.238. The van der Waals surface area contributed by atoms with Crippen LogP contribution in [0.1, 0.15) is 44.0 Å². The number of rotatable bonds is 7. The third-order valence-corrected chi connectivity index (χ3v) is 5.05. The number of benzene rings is 1. The maximum Gasteiger partial charge on any atom is 0.340 e. The highest BCUT2D eigenvalue weighted by Crippen LogP contribution is 2.29. The Hall–Kier alpha value is -3.06. The number of hydrogen-bond donors (Lipinski definition) is 1. The number of ether oxygens (including phenoxy) is 2. The van der Waals surface area contributed by atoms with Crippen LogP contribution in [0.3, 0.4) is 0 Å². The second kappa shape index (κ2) is 8.75. The summed E-state index contributed by atoms with van der Waals surface area (Å²) in [4.78, 5) is 25.2. The second-order valence-corrected chi connectivity index (χ2v) is 7.35. The number of methoxy groups -OCH3 is 1. The van der Waals surface area contributed by atoms with Crippen molar-refractivity contribution in [2.24, 2.45) is 0 Å². The molecular formula is C21H21NO5S. The first kappa shape index (κ1) is 19.7. The van der Waals surface area contributed by atoms with Crippen LogP contribution in [0.25, 0.3) is 0 Å². The predicted octanol–water partition coefficient (Wildman–Crippen LogP) is 4.83. The Bertz CT molecular complexity index is 971. The molecule has 0 spiro atoms. The summed E-state index contributed by atoms with van der Waals surface area (Å²) < 4.78 is 16.0. The molecule has 1 amide bonds. The highest BCUT2D eigenvalue weighted by molar-refractivity contribution is 7.16. The van der Waals surface area contributed by atoms with Crippen LogP contribution in [0, 0.1) is 6.92 Å². The van der Waals surface area contributed by atoms with Crippen molar-refractivity contribution in [3.63, 3.8) is 0 Å². The number of carbonyl (C=O) groups excluding carboxylic acids is 2. The highest BCUT2D eigenvalue weighted by atomic mass is 32.1. The lowest BCUT2D eigenvalue weighted by Crippen LogP contribution is -2.13. The van der Waals surface area contributed by atoms with Crippen molar-refractivity contribution >= 4 is 28.2 Å². The van der Waals surface area contributed by atoms with Gasteiger partial charge in [0.05, 0.1) is 12.7 Å². The largest absolute Gasteiger partial charge is 0.486 e. The Morgan fingerprint density at radius 3 is 2.57 bits per heavy atom. The van der Waals surface area contributed by atoms with Crippen molar-refractivity contribution in [3.05, 3.63) is 70.0 Å². The molecule has 0 aliphatic carbocycles. The Balaban J connectivity index is 1.63. The number of aryl methyl sites for hydroxylation is 2. The van der Waals surface area contributed by atoms with Gasteiger partial charge in [0.15, 0.2) is 5.76 Å². The molecule has 0 fully saturated rings. The van der Waals surface area contributed by atoms with Gasteiger partial charge in [-0.05, 0) is 49.2 Å². The van der Waals surface area contributed by atoms with Gasteiger partial charge in [0.1, 0.15) is 23.1 Å². The zero-order chi connectivity index (χ0) is 20.1. The standard InChI is InChI=1S/C21H21NO5S/c1-4-14-5-7-15(8-6-14)26-12-16-9-10-18(27-16)19(23)22-20-17(21(24)25-3)11-13(2)28-20/h5-11H,4,12H2,1-3H3,(H,22,23). The quantitative estimate of drug-likeness (QED) is 0.576. The molecule has 6 nitrogen and oxygen atoms in total. The van der Waals surface area contributed by atoms with Gasteiger partial charge < -0.3 is 19.2 Å². The summed E-state index contributed by atoms with van der Waals surface area (Å²) in [5, 5.41) is 3.14. The van der Waals surface area contributed by atoms with Crippen LogP contribution in [0.4, 0.5) is 5.00 Å². The van der Waals surface area contributed by atoms with Crippen LogP contribution < -0.4 is 10.1 Å². The van der Waals surface area contributed by atoms with E-state index in [1.807, 2.05) is 31.2 Å². The van der Waals surface area contributed by atoms with E-state index in [1.54, 1.807) is 18.2 Å². The maximum atomic E-state index is 12.5. The number of nitrogens with one attached hydrogen (secondary N) is 1. The lowest BCUT2D eigenvalue weighted by molar-refractivity contribution is 0.0602. The van der Waals surface area contributed by atoms with Gasteiger partial charge in [-0.2, -0.15) is 0 Å². The molecule has 28 heavy (non-hydrogen) atoms. The molecule has 0 radical (unpaired) electrons. The van der Waals surface area contributed by atoms with E-state index < -0.39 is 11.9 Å². The van der Waals surface area contributed by atoms with Crippen molar-refractivity contribution in [2.75, 3.05) is 12.4 Å². The third-order valence-electron chi connectivity index (χ3n) is 4.09. The van der Waals surface area contributed by atoms with Crippen LogP contribution in [0.2, 0.25) is 0 Å². The monoisotopic (exact) mass is 399 g/mol. The molecule has 0 saturated heterocycles. The Kier molecular flexibility index (Phi) is 6.16. The van der Waals surface area contributed by atoms with E-state index >= 15 is 0 Å². The van der Waals surface area contributed by atoms with E-state index in [4.69, 9.17) is 13.9 Å². The number of carbonyl (C=O) groups is 2. The summed E-state index contributed by atoms with van der Waals surface area (Å²) >= 11 is 1.30. The molecule has 1 N–H and O–H groups in total. The van der Waals surface area contributed by atoms with Gasteiger partial charge in [0.2, 0.25) is 0 Å². The molecule has 0 unspecified atom stereocenters. The van der Waals surface area contributed by atoms with E-state index in [0.717, 1.165) is 17.0 Å². The smallest absolute Gasteiger partial charge is 0.340 e. The first-order chi connectivity index (χ1) is 13.5. The first-order valence-corrected chi connectivity index (χ1v) is 9.62. The number of furan rings is 1. The molecule has 0 bridgehead atoms. The van der Waals surface area contributed by atoms with Gasteiger partial charge in [0, 0.05) is 4.88 Å². The molecule has 0 aliphatic heterocycles. The van der Waals surface area contributed by atoms with Crippen molar-refractivity contribution in [3.8, 4) is 5.75 Å². The number of anilines is 1. The topological polar surface area (TPSA) is 77.8 Å². The third kappa shape index (κ3) is 4.61. The van der Waals surface area contributed by atoms with Gasteiger partial charge in [-0.3, -0.25) is 4.79 Å². The minimum Gasteiger partial charge on any atom is -0.486 e. The molecule has 3 rings (SSSR count). The molecule has 1 aromatic carbocycles. The van der Waals surface area contributed by atoms with E-state index in [2.05, 4.69) is 12.2 Å². The minimum atomic E-state index is -0.498. The summed E-state index contributed by atoms with van der Waals surface area (Å²) in [6.07, 6.45) is 0.971. The van der Waals surface area contributed by atoms with E-state index in [-0.39, 0.29) is 12.4 Å². The van der Waals surface area contributed by atoms with Gasteiger partial charge in [0.25, 0.3) is 5.91 Å². The van der Waals surface area contributed by atoms with E-state index in [0.29, 0.717) is 16.3 Å². The van der Waals surface area contributed by atoms with Gasteiger partial charge in [-0.1, -0.05) is 19.1 Å². The number of hydrogen-bond acceptors (Lipinski definition) is 6. The maximum absolute atomic E-state index is 12.5. The number of amides is 1. The second-order valence-electron chi connectivity index (χ2n) is 6.10. The molecule has 0 aliphatic rings. The zero-order valence-corrected chi connectivity index (χ0v) is 16.7. The molecular weight excluding hydrogens is 378 g/mol. The van der Waals surface area contributed by atoms with Crippen LogP contribution in [-0.2, 0) is 17.8 Å². The predicted molar refractivity (Wildman–Crippen MR) is 107 cm³/mol. The van der Waals surface area contributed by atoms with Crippen LogP contribution in [-0.4, -0.2) is 19.0 Å². The van der Waals surface area contributed by atoms with Crippen molar-refractivity contribution < 1.29 is 23.5 Å². The average Bonchev–Trinajstić information content (AvgIpc) is 3.32. The first-order valence-electron chi connectivity index (χ1n) is 8.80. The van der Waals surface area contributed by atoms with Gasteiger partial charge in [-0.25, -0.2) is 4.79 Å². The number of esters is 1. The summed E-state index contributed by atoms with van der Waals surface area (Å²) in [6.45, 7) is 4.16. The zero-order valence-electron chi connectivity index (χ0n) is 15.9. The van der Waals surface area contributed by atoms with E-state index in [9.17, 15) is 9.59 Å². The van der Waals surface area contributed by atoms with Crippen LogP contribution in [0.5, 0.6) is 5.75 Å². The summed E-state index contributed by atoms with van der Waals surface area (Å²) in [6, 6.07) is 12.8. The molecule has 146 valence electrons. The van der Waals surface area contributed by atoms with Crippen molar-refractivity contribution in [1.29, 1.82) is 0 Å². The van der Waals surface area contributed by atoms with Gasteiger partial charge in [-0.15, -0.1) is 11.3 Å². The van der Waals surface area contributed by atoms with Crippen molar-refractivity contribution in [2.45, 2.75) is 26.9 Å². The van der Waals surface area contributed by atoms with Gasteiger partial charge >= 0.3 is 5.97 Å². The lowest BCUT2D eigenvalue weighted by atomic mass is 10.2. The summed E-state index contributed by atoms with van der Waals surface area (Å²) in [7, 11) is 1.30. The molecule has 2 aromatic heterocycles.